The molecule has 0 aliphatic carbocycles. The van der Waals surface area contributed by atoms with Crippen molar-refractivity contribution in [3.8, 4) is 11.1 Å². The summed E-state index contributed by atoms with van der Waals surface area (Å²) in [4.78, 5) is 31.8. The topological polar surface area (TPSA) is 73.6 Å². The number of rotatable bonds is 5. The van der Waals surface area contributed by atoms with Crippen LogP contribution in [-0.4, -0.2) is 18.9 Å². The molecule has 1 heterocycles. The van der Waals surface area contributed by atoms with Crippen LogP contribution in [0.5, 0.6) is 0 Å². The van der Waals surface area contributed by atoms with Crippen molar-refractivity contribution >= 4 is 12.3 Å². The van der Waals surface area contributed by atoms with Crippen LogP contribution >= 0.6 is 0 Å². The quantitative estimate of drug-likeness (QED) is 0.158. The van der Waals surface area contributed by atoms with Crippen LogP contribution in [0.2, 0.25) is 0 Å². The third-order valence-electron chi connectivity index (χ3n) is 3.81. The van der Waals surface area contributed by atoms with Crippen molar-refractivity contribution in [1.82, 2.24) is 0 Å². The number of hydrogen-bond acceptors (Lipinski definition) is 5. The second kappa shape index (κ2) is 25.6. The first kappa shape index (κ1) is 40.6. The monoisotopic (exact) mass is 626 g/mol. The van der Waals surface area contributed by atoms with Gasteiger partial charge in [0.05, 0.1) is 12.9 Å². The Morgan fingerprint density at radius 2 is 1.54 bits per heavy atom. The maximum Gasteiger partial charge on any atom is 0.341 e. The Bertz CT molecular complexity index is 1000. The summed E-state index contributed by atoms with van der Waals surface area (Å²) in [6, 6.07) is 22.1. The van der Waals surface area contributed by atoms with Gasteiger partial charge in [0.25, 0.3) is 0 Å². The van der Waals surface area contributed by atoms with E-state index in [4.69, 9.17) is 9.15 Å². The minimum atomic E-state index is -0.295. The molecule has 35 heavy (non-hydrogen) atoms. The molecule has 0 unspecified atom stereocenters. The van der Waals surface area contributed by atoms with E-state index in [2.05, 4.69) is 12.1 Å². The number of benzene rings is 2. The van der Waals surface area contributed by atoms with E-state index in [-0.39, 0.29) is 91.9 Å². The van der Waals surface area contributed by atoms with Crippen molar-refractivity contribution in [2.75, 3.05) is 6.61 Å². The number of aryl methyl sites for hydroxylation is 1. The first-order chi connectivity index (χ1) is 15.0. The molecule has 2 aromatic carbocycles. The van der Waals surface area contributed by atoms with Gasteiger partial charge in [0.1, 0.15) is 6.29 Å². The maximum absolute atomic E-state index is 11.5. The van der Waals surface area contributed by atoms with Crippen molar-refractivity contribution in [1.29, 1.82) is 0 Å². The van der Waals surface area contributed by atoms with Gasteiger partial charge in [0.2, 0.25) is 0 Å². The average molecular weight is 626 g/mol. The van der Waals surface area contributed by atoms with E-state index in [1.807, 2.05) is 31.2 Å². The Kier molecular flexibility index (Phi) is 29.7. The molecule has 2 radical (unpaired) electrons. The number of ether oxygens (including phenoxy) is 1. The van der Waals surface area contributed by atoms with Gasteiger partial charge in [-0.25, -0.2) is 4.79 Å². The standard InChI is InChI=1S/C12H9O2.C10H11O2.C4H6O.2CH3.2Y/c1-9-7-8-14-12(13)11(9)10-5-3-2-4-6-10;1-2-12-10(11)8-9-6-4-3-5-7-9;1-2-3-4-5;;;;/h3-8H,1H3;4-7H,2,8H2,1H3;2-4H,1H3;2*1H3;;/q2*-1;;2*-1;;/b;;3-2+;;;;. The summed E-state index contributed by atoms with van der Waals surface area (Å²) in [5.74, 6) is -0.177. The summed E-state index contributed by atoms with van der Waals surface area (Å²) in [6.07, 6.45) is 5.64. The van der Waals surface area contributed by atoms with E-state index < -0.39 is 0 Å². The molecular formula is C28H32O5Y2-4. The Balaban J connectivity index is -0.000000212. The molecule has 0 saturated carbocycles. The summed E-state index contributed by atoms with van der Waals surface area (Å²) in [5.41, 5.74) is 3.09. The second-order valence-corrected chi connectivity index (χ2v) is 6.11. The van der Waals surface area contributed by atoms with Gasteiger partial charge < -0.3 is 24.0 Å². The predicted molar refractivity (Wildman–Crippen MR) is 133 cm³/mol. The van der Waals surface area contributed by atoms with Gasteiger partial charge in [-0.15, -0.1) is 11.1 Å². The summed E-state index contributed by atoms with van der Waals surface area (Å²) >= 11 is 0. The maximum atomic E-state index is 11.5. The number of esters is 1. The molecule has 0 amide bonds. The number of aldehydes is 1. The molecule has 3 rings (SSSR count). The molecule has 184 valence electrons. The van der Waals surface area contributed by atoms with Crippen molar-refractivity contribution in [3.63, 3.8) is 0 Å². The molecule has 0 aliphatic heterocycles. The van der Waals surface area contributed by atoms with E-state index in [1.165, 1.54) is 12.3 Å². The summed E-state index contributed by atoms with van der Waals surface area (Å²) in [7, 11) is 0. The molecule has 0 saturated heterocycles. The smallest absolute Gasteiger partial charge is 0.341 e. The number of allylic oxidation sites excluding steroid dienone is 2. The SMILES string of the molecule is C/C=C/C=O.CCOC(=O)Cc1cc[c-]cc1.Cc1ccoc(=O)c1-c1cc[c-]cc1.[CH3-].[CH3-].[Y].[Y]. The number of carbonyl (C=O) groups is 2. The fourth-order valence-electron chi connectivity index (χ4n) is 2.40. The predicted octanol–water partition coefficient (Wildman–Crippen LogP) is 5.66. The Morgan fingerprint density at radius 1 is 1.00 bits per heavy atom. The zero-order chi connectivity index (χ0) is 22.9. The largest absolute Gasteiger partial charge is 0.466 e. The van der Waals surface area contributed by atoms with E-state index in [9.17, 15) is 14.4 Å². The Labute approximate surface area is 260 Å². The molecule has 5 nitrogen and oxygen atoms in total. The first-order valence-electron chi connectivity index (χ1n) is 9.75. The number of carbonyl (C=O) groups excluding carboxylic acids is 2. The fraction of sp³-hybridized carbons (Fsp3) is 0.179. The van der Waals surface area contributed by atoms with Gasteiger partial charge in [0, 0.05) is 77.4 Å². The van der Waals surface area contributed by atoms with Gasteiger partial charge in [-0.2, -0.15) is 60.7 Å². The van der Waals surface area contributed by atoms with Crippen molar-refractivity contribution in [3.05, 3.63) is 122 Å². The van der Waals surface area contributed by atoms with E-state index in [0.29, 0.717) is 18.6 Å². The molecule has 7 heteroatoms. The normalized spacial score (nSPS) is 8.54. The van der Waals surface area contributed by atoms with Gasteiger partial charge >= 0.3 is 11.6 Å². The molecule has 0 spiro atoms. The van der Waals surface area contributed by atoms with Gasteiger partial charge in [-0.3, -0.25) is 9.59 Å². The molecule has 0 aliphatic rings. The van der Waals surface area contributed by atoms with Crippen LogP contribution in [0.15, 0.2) is 82.2 Å². The Hall–Kier alpha value is -1.52. The minimum absolute atomic E-state index is 0. The third kappa shape index (κ3) is 17.5. The van der Waals surface area contributed by atoms with Gasteiger partial charge in [0.15, 0.2) is 0 Å². The van der Waals surface area contributed by atoms with Crippen LogP contribution in [0.4, 0.5) is 0 Å². The van der Waals surface area contributed by atoms with Crippen molar-refractivity contribution in [2.24, 2.45) is 0 Å². The van der Waals surface area contributed by atoms with Crippen LogP contribution in [0.25, 0.3) is 11.1 Å². The van der Waals surface area contributed by atoms with Gasteiger partial charge in [-0.05, 0) is 38.5 Å². The van der Waals surface area contributed by atoms with E-state index >= 15 is 0 Å². The fourth-order valence-corrected chi connectivity index (χ4v) is 2.40. The van der Waals surface area contributed by atoms with Crippen molar-refractivity contribution in [2.45, 2.75) is 27.2 Å². The zero-order valence-electron chi connectivity index (χ0n) is 21.1. The van der Waals surface area contributed by atoms with Crippen LogP contribution < -0.4 is 5.63 Å². The second-order valence-electron chi connectivity index (χ2n) is 6.11. The zero-order valence-corrected chi connectivity index (χ0v) is 26.8. The third-order valence-corrected chi connectivity index (χ3v) is 3.81. The van der Waals surface area contributed by atoms with Crippen LogP contribution in [0.3, 0.4) is 0 Å². The van der Waals surface area contributed by atoms with Crippen LogP contribution in [0.1, 0.15) is 25.0 Å². The van der Waals surface area contributed by atoms with E-state index in [0.717, 1.165) is 23.0 Å². The number of hydrogen-bond donors (Lipinski definition) is 0. The first-order valence-corrected chi connectivity index (χ1v) is 9.75. The molecule has 0 fully saturated rings. The molecule has 1 aromatic heterocycles. The average Bonchev–Trinajstić information content (AvgIpc) is 2.77. The molecule has 3 aromatic rings. The summed E-state index contributed by atoms with van der Waals surface area (Å²) in [5, 5.41) is 0. The Morgan fingerprint density at radius 3 is 1.97 bits per heavy atom. The van der Waals surface area contributed by atoms with Gasteiger partial charge in [-0.1, -0.05) is 6.08 Å². The summed E-state index contributed by atoms with van der Waals surface area (Å²) < 4.78 is 9.62. The van der Waals surface area contributed by atoms with E-state index in [1.54, 1.807) is 50.3 Å². The van der Waals surface area contributed by atoms with Crippen LogP contribution in [0, 0.1) is 33.9 Å². The molecule has 0 bridgehead atoms. The van der Waals surface area contributed by atoms with Crippen LogP contribution in [-0.2, 0) is 86.2 Å². The molecule has 0 atom stereocenters. The molecular weight excluding hydrogens is 594 g/mol. The summed E-state index contributed by atoms with van der Waals surface area (Å²) in [6.45, 7) is 5.94. The minimum Gasteiger partial charge on any atom is -0.466 e. The van der Waals surface area contributed by atoms with Crippen molar-refractivity contribution < 1.29 is 84.2 Å². The molecule has 0 N–H and O–H groups in total.